The van der Waals surface area contributed by atoms with Crippen molar-refractivity contribution < 1.29 is 39.0 Å². The van der Waals surface area contributed by atoms with Crippen LogP contribution in [0.15, 0.2) is 40.2 Å². The zero-order valence-corrected chi connectivity index (χ0v) is 28.4. The molecule has 0 bridgehead atoms. The van der Waals surface area contributed by atoms with Gasteiger partial charge in [0.25, 0.3) is 5.91 Å². The maximum atomic E-state index is 14.0. The van der Waals surface area contributed by atoms with Crippen molar-refractivity contribution in [3.63, 3.8) is 0 Å². The lowest BCUT2D eigenvalue weighted by Crippen LogP contribution is -2.60. The number of carboxylic acids is 1. The summed E-state index contributed by atoms with van der Waals surface area (Å²) >= 11 is 2.28. The number of hydrogen-bond donors (Lipinski definition) is 8. The Bertz CT molecular complexity index is 1660. The largest absolute Gasteiger partial charge is 0.480 e. The number of benzene rings is 1. The van der Waals surface area contributed by atoms with E-state index >= 15 is 0 Å². The molecular weight excluding hydrogens is 663 g/mol. The van der Waals surface area contributed by atoms with Crippen LogP contribution in [0, 0.1) is 5.92 Å². The predicted octanol–water partition coefficient (Wildman–Crippen LogP) is 0.542. The van der Waals surface area contributed by atoms with Crippen molar-refractivity contribution in [1.82, 2.24) is 36.6 Å². The summed E-state index contributed by atoms with van der Waals surface area (Å²) in [6, 6.07) is 0.719. The highest BCUT2D eigenvalue weighted by atomic mass is 32.2. The number of fused-ring (bicyclic) bond motifs is 3. The molecule has 0 fully saturated rings. The van der Waals surface area contributed by atoms with Gasteiger partial charge in [0, 0.05) is 28.5 Å². The fraction of sp³-hybridized carbons (Fsp3) is 0.452. The normalized spacial score (nSPS) is 23.9. The molecule has 1 aliphatic rings. The first-order valence-electron chi connectivity index (χ1n) is 15.3. The lowest BCUT2D eigenvalue weighted by atomic mass is 10.0. The van der Waals surface area contributed by atoms with E-state index in [0.29, 0.717) is 21.5 Å². The number of aliphatic hydroxyl groups excluding tert-OH is 1. The third kappa shape index (κ3) is 9.11. The molecule has 0 saturated carbocycles. The van der Waals surface area contributed by atoms with Crippen molar-refractivity contribution in [3.05, 3.63) is 46.4 Å². The topological polar surface area (TPSA) is 232 Å². The van der Waals surface area contributed by atoms with Crippen LogP contribution in [0.2, 0.25) is 0 Å². The molecule has 1 aromatic carbocycles. The number of nitrogens with zero attached hydrogens (tertiary/aromatic N) is 1. The monoisotopic (exact) mass is 701 g/mol. The number of carboxylic acid groups (broad SMARTS) is 1. The number of rotatable bonds is 6. The molecule has 5 amide bonds. The Hall–Kier alpha value is -4.48. The van der Waals surface area contributed by atoms with Gasteiger partial charge in [-0.15, -0.1) is 23.1 Å². The first kappa shape index (κ1) is 36.4. The van der Waals surface area contributed by atoms with Gasteiger partial charge < -0.3 is 41.8 Å². The van der Waals surface area contributed by atoms with E-state index in [9.17, 15) is 39.0 Å². The Morgan fingerprint density at radius 3 is 2.38 bits per heavy atom. The van der Waals surface area contributed by atoms with Crippen molar-refractivity contribution in [2.45, 2.75) is 81.9 Å². The number of H-pyrrole nitrogens is 1. The van der Waals surface area contributed by atoms with Gasteiger partial charge in [-0.25, -0.2) is 9.78 Å². The van der Waals surface area contributed by atoms with Crippen LogP contribution in [0.4, 0.5) is 0 Å². The molecule has 0 saturated heterocycles. The first-order chi connectivity index (χ1) is 22.7. The molecule has 0 unspecified atom stereocenters. The van der Waals surface area contributed by atoms with Gasteiger partial charge in [0.2, 0.25) is 23.6 Å². The van der Waals surface area contributed by atoms with Gasteiger partial charge in [-0.1, -0.05) is 32.0 Å². The zero-order chi connectivity index (χ0) is 35.1. The molecule has 48 heavy (non-hydrogen) atoms. The Labute approximate surface area is 284 Å². The van der Waals surface area contributed by atoms with Crippen molar-refractivity contribution in [3.8, 4) is 0 Å². The summed E-state index contributed by atoms with van der Waals surface area (Å²) in [6.07, 6.45) is -1.27. The fourth-order valence-corrected chi connectivity index (χ4v) is 6.75. The smallest absolute Gasteiger partial charge is 0.327 e. The van der Waals surface area contributed by atoms with Crippen LogP contribution < -0.4 is 26.6 Å². The molecule has 15 nitrogen and oxygen atoms in total. The maximum Gasteiger partial charge on any atom is 0.327 e. The lowest BCUT2D eigenvalue weighted by molar-refractivity contribution is -0.142. The van der Waals surface area contributed by atoms with E-state index in [1.54, 1.807) is 18.2 Å². The summed E-state index contributed by atoms with van der Waals surface area (Å²) in [4.78, 5) is 86.4. The second kappa shape index (κ2) is 16.1. The molecule has 3 heterocycles. The summed E-state index contributed by atoms with van der Waals surface area (Å²) in [5.74, 6) is -5.30. The minimum Gasteiger partial charge on any atom is -0.480 e. The molecule has 0 spiro atoms. The number of aliphatic carboxylic acids is 1. The van der Waals surface area contributed by atoms with Crippen molar-refractivity contribution in [2.75, 3.05) is 5.75 Å². The third-order valence-corrected chi connectivity index (χ3v) is 9.36. The minimum atomic E-state index is -1.53. The number of thioether (sulfide) groups is 1. The summed E-state index contributed by atoms with van der Waals surface area (Å²) < 4.78 is 0. The van der Waals surface area contributed by atoms with Crippen molar-refractivity contribution >= 4 is 69.5 Å². The summed E-state index contributed by atoms with van der Waals surface area (Å²) in [5.41, 5.74) is 2.87. The molecule has 0 radical (unpaired) electrons. The van der Waals surface area contributed by atoms with Crippen LogP contribution in [0.5, 0.6) is 0 Å². The second-order valence-corrected chi connectivity index (χ2v) is 13.7. The molecule has 4 rings (SSSR count). The quantitative estimate of drug-likeness (QED) is 0.178. The average molecular weight is 702 g/mol. The van der Waals surface area contributed by atoms with Crippen LogP contribution in [-0.2, 0) is 30.4 Å². The van der Waals surface area contributed by atoms with Gasteiger partial charge in [-0.2, -0.15) is 0 Å². The SMILES string of the molecule is CC(C)C[C@@H]1NC(=O)[C@@H](NC(=O)c2cscn2)Cc2c([nH]c3ccccc23)SC[C@@H](C(=O)O)NC(=O)[C@H]([C@@H](C)O)NC(=O)[C@@H](C)NC1=O. The van der Waals surface area contributed by atoms with Gasteiger partial charge in [0.05, 0.1) is 16.6 Å². The molecule has 8 N–H and O–H groups in total. The molecule has 2 aromatic heterocycles. The Balaban J connectivity index is 1.79. The van der Waals surface area contributed by atoms with Crippen LogP contribution in [0.25, 0.3) is 10.9 Å². The highest BCUT2D eigenvalue weighted by Crippen LogP contribution is 2.31. The van der Waals surface area contributed by atoms with E-state index < -0.39 is 71.8 Å². The first-order valence-corrected chi connectivity index (χ1v) is 17.2. The summed E-state index contributed by atoms with van der Waals surface area (Å²) in [6.45, 7) is 6.34. The molecule has 0 aliphatic carbocycles. The molecule has 3 aromatic rings. The van der Waals surface area contributed by atoms with Crippen molar-refractivity contribution in [2.24, 2.45) is 5.92 Å². The van der Waals surface area contributed by atoms with E-state index in [1.807, 2.05) is 19.9 Å². The summed E-state index contributed by atoms with van der Waals surface area (Å²) in [5, 5.41) is 35.8. The number of thiazole rings is 1. The summed E-state index contributed by atoms with van der Waals surface area (Å²) in [7, 11) is 0. The molecule has 17 heteroatoms. The highest BCUT2D eigenvalue weighted by molar-refractivity contribution is 7.99. The number of para-hydroxylation sites is 1. The van der Waals surface area contributed by atoms with E-state index in [-0.39, 0.29) is 30.2 Å². The number of aliphatic hydroxyl groups is 1. The molecular formula is C31H39N7O8S2. The maximum absolute atomic E-state index is 14.0. The number of carbonyl (C=O) groups excluding carboxylic acids is 5. The lowest BCUT2D eigenvalue weighted by Gasteiger charge is -2.27. The van der Waals surface area contributed by atoms with E-state index in [4.69, 9.17) is 0 Å². The van der Waals surface area contributed by atoms with Crippen LogP contribution in [-0.4, -0.2) is 97.8 Å². The van der Waals surface area contributed by atoms with Crippen molar-refractivity contribution in [1.29, 1.82) is 0 Å². The number of carbonyl (C=O) groups is 6. The van der Waals surface area contributed by atoms with Gasteiger partial charge in [-0.3, -0.25) is 24.0 Å². The van der Waals surface area contributed by atoms with Crippen LogP contribution in [0.1, 0.15) is 50.2 Å². The third-order valence-electron chi connectivity index (χ3n) is 7.63. The van der Waals surface area contributed by atoms with E-state index in [1.165, 1.54) is 36.1 Å². The van der Waals surface area contributed by atoms with Crippen LogP contribution in [0.3, 0.4) is 0 Å². The standard InChI is InChI=1S/C31H39N7O8S2/c1-14(2)9-20-26(41)33-15(3)25(40)38-24(16(4)39)29(44)36-23(31(45)46)12-48-30-18(17-7-5-6-8-19(17)37-30)10-21(27(42)34-20)35-28(43)22-11-47-13-32-22/h5-8,11,13-16,20-21,23-24,37,39H,9-10,12H2,1-4H3,(H,33,41)(H,34,42)(H,35,43)(H,36,44)(H,38,40)(H,45,46)/t15-,16-,20+,21+,23+,24+/m1/s1. The minimum absolute atomic E-state index is 0.0585. The fourth-order valence-electron chi connectivity index (χ4n) is 5.11. The second-order valence-electron chi connectivity index (χ2n) is 11.9. The van der Waals surface area contributed by atoms with Gasteiger partial charge in [0.1, 0.15) is 35.9 Å². The molecule has 6 atom stereocenters. The Kier molecular flexibility index (Phi) is 12.2. The van der Waals surface area contributed by atoms with Crippen LogP contribution >= 0.6 is 23.1 Å². The van der Waals surface area contributed by atoms with Gasteiger partial charge in [0.15, 0.2) is 0 Å². The Morgan fingerprint density at radius 2 is 1.73 bits per heavy atom. The van der Waals surface area contributed by atoms with E-state index in [2.05, 4.69) is 36.6 Å². The highest BCUT2D eigenvalue weighted by Gasteiger charge is 2.34. The predicted molar refractivity (Wildman–Crippen MR) is 178 cm³/mol. The average Bonchev–Trinajstić information content (AvgIpc) is 3.68. The number of aromatic nitrogens is 2. The number of amides is 5. The van der Waals surface area contributed by atoms with Gasteiger partial charge in [-0.05, 0) is 37.8 Å². The number of nitrogens with one attached hydrogen (secondary N) is 6. The number of hydrogen-bond acceptors (Lipinski definition) is 10. The Morgan fingerprint density at radius 1 is 1.00 bits per heavy atom. The number of aromatic amines is 1. The molecule has 258 valence electrons. The van der Waals surface area contributed by atoms with Gasteiger partial charge >= 0.3 is 5.97 Å². The van der Waals surface area contributed by atoms with E-state index in [0.717, 1.165) is 11.8 Å². The zero-order valence-electron chi connectivity index (χ0n) is 26.7. The molecule has 1 aliphatic heterocycles.